The molecule has 5 rings (SSSR count). The number of nitrogens with zero attached hydrogens (tertiary/aromatic N) is 1. The van der Waals surface area contributed by atoms with Gasteiger partial charge in [0, 0.05) is 25.3 Å². The van der Waals surface area contributed by atoms with E-state index in [1.807, 2.05) is 60.7 Å². The second kappa shape index (κ2) is 10.1. The lowest BCUT2D eigenvalue weighted by molar-refractivity contribution is -0.295. The number of nitrogens with one attached hydrogen (secondary N) is 1. The monoisotopic (exact) mass is 494 g/mol. The predicted molar refractivity (Wildman–Crippen MR) is 130 cm³/mol. The fourth-order valence-corrected chi connectivity index (χ4v) is 5.10. The van der Waals surface area contributed by atoms with Crippen molar-refractivity contribution in [1.29, 1.82) is 0 Å². The van der Waals surface area contributed by atoms with Gasteiger partial charge in [-0.05, 0) is 18.1 Å². The second-order valence-corrected chi connectivity index (χ2v) is 9.09. The average Bonchev–Trinajstić information content (AvgIpc) is 3.39. The van der Waals surface area contributed by atoms with E-state index < -0.39 is 35.0 Å². The summed E-state index contributed by atoms with van der Waals surface area (Å²) in [6.45, 7) is 2.83. The van der Waals surface area contributed by atoms with Crippen LogP contribution >= 0.6 is 0 Å². The van der Waals surface area contributed by atoms with Crippen LogP contribution in [0.15, 0.2) is 76.4 Å². The second-order valence-electron chi connectivity index (χ2n) is 9.09. The van der Waals surface area contributed by atoms with Gasteiger partial charge >= 0.3 is 5.69 Å². The first-order chi connectivity index (χ1) is 17.5. The summed E-state index contributed by atoms with van der Waals surface area (Å²) in [5.41, 5.74) is 0.227. The van der Waals surface area contributed by atoms with Crippen LogP contribution in [0.4, 0.5) is 0 Å². The summed E-state index contributed by atoms with van der Waals surface area (Å²) >= 11 is 0. The molecule has 0 radical (unpaired) electrons. The zero-order chi connectivity index (χ0) is 25.2. The maximum Gasteiger partial charge on any atom is 0.330 e. The molecule has 9 heteroatoms. The number of rotatable bonds is 9. The molecule has 2 saturated heterocycles. The van der Waals surface area contributed by atoms with E-state index in [9.17, 15) is 9.59 Å². The van der Waals surface area contributed by atoms with E-state index >= 15 is 0 Å². The molecule has 190 valence electrons. The van der Waals surface area contributed by atoms with Crippen LogP contribution in [0.5, 0.6) is 0 Å². The fourth-order valence-electron chi connectivity index (χ4n) is 5.10. The molecule has 0 spiro atoms. The molecule has 9 nitrogen and oxygen atoms in total. The summed E-state index contributed by atoms with van der Waals surface area (Å²) in [5.74, 6) is -1.43. The van der Waals surface area contributed by atoms with Gasteiger partial charge in [-0.2, -0.15) is 0 Å². The lowest BCUT2D eigenvalue weighted by atomic mass is 9.87. The molecule has 0 aliphatic carbocycles. The minimum absolute atomic E-state index is 0.186. The van der Waals surface area contributed by atoms with Crippen molar-refractivity contribution in [3.63, 3.8) is 0 Å². The van der Waals surface area contributed by atoms with Gasteiger partial charge in [-0.3, -0.25) is 14.3 Å². The first-order valence-corrected chi connectivity index (χ1v) is 12.0. The van der Waals surface area contributed by atoms with Crippen LogP contribution in [-0.2, 0) is 36.9 Å². The smallest absolute Gasteiger partial charge is 0.330 e. The molecule has 1 aromatic heterocycles. The van der Waals surface area contributed by atoms with Gasteiger partial charge in [0.15, 0.2) is 11.8 Å². The molecule has 36 heavy (non-hydrogen) atoms. The summed E-state index contributed by atoms with van der Waals surface area (Å²) in [4.78, 5) is 27.2. The van der Waals surface area contributed by atoms with Gasteiger partial charge in [-0.1, -0.05) is 60.7 Å². The first kappa shape index (κ1) is 24.6. The largest absolute Gasteiger partial charge is 0.374 e. The fraction of sp³-hybridized carbons (Fsp3) is 0.407. The SMILES string of the molecule is COC12OCCC1(OCc1ccccc1)C(COCc1ccccc1)OC2n1cc(C)c(=O)[nH]c1=O. The van der Waals surface area contributed by atoms with Gasteiger partial charge in [0.1, 0.15) is 6.10 Å². The van der Waals surface area contributed by atoms with Crippen LogP contribution in [0.2, 0.25) is 0 Å². The third-order valence-corrected chi connectivity index (χ3v) is 6.94. The molecule has 0 saturated carbocycles. The van der Waals surface area contributed by atoms with E-state index in [1.54, 1.807) is 6.92 Å². The number of hydrogen-bond acceptors (Lipinski definition) is 7. The molecule has 1 N–H and O–H groups in total. The van der Waals surface area contributed by atoms with Crippen LogP contribution < -0.4 is 11.2 Å². The highest BCUT2D eigenvalue weighted by Gasteiger charge is 2.73. The van der Waals surface area contributed by atoms with Crippen molar-refractivity contribution >= 4 is 0 Å². The third kappa shape index (κ3) is 4.23. The van der Waals surface area contributed by atoms with Gasteiger partial charge in [0.25, 0.3) is 5.56 Å². The molecule has 0 amide bonds. The van der Waals surface area contributed by atoms with Crippen molar-refractivity contribution < 1.29 is 23.7 Å². The Morgan fingerprint density at radius 3 is 2.36 bits per heavy atom. The molecule has 2 aliphatic rings. The molecule has 0 bridgehead atoms. The molecule has 2 aromatic carbocycles. The average molecular weight is 495 g/mol. The highest BCUT2D eigenvalue weighted by Crippen LogP contribution is 2.56. The third-order valence-electron chi connectivity index (χ3n) is 6.94. The summed E-state index contributed by atoms with van der Waals surface area (Å²) in [6, 6.07) is 19.6. The van der Waals surface area contributed by atoms with Crippen molar-refractivity contribution in [2.45, 2.75) is 50.3 Å². The van der Waals surface area contributed by atoms with Gasteiger partial charge in [0.05, 0.1) is 26.4 Å². The minimum atomic E-state index is -1.43. The first-order valence-electron chi connectivity index (χ1n) is 12.0. The summed E-state index contributed by atoms with van der Waals surface area (Å²) in [7, 11) is 1.51. The predicted octanol–water partition coefficient (Wildman–Crippen LogP) is 2.68. The van der Waals surface area contributed by atoms with Crippen LogP contribution in [-0.4, -0.2) is 47.4 Å². The van der Waals surface area contributed by atoms with Crippen LogP contribution in [0.3, 0.4) is 0 Å². The van der Waals surface area contributed by atoms with E-state index in [-0.39, 0.29) is 6.61 Å². The Kier molecular flexibility index (Phi) is 6.92. The molecule has 3 aromatic rings. The molecule has 4 unspecified atom stereocenters. The number of methoxy groups -OCH3 is 1. The number of aromatic nitrogens is 2. The van der Waals surface area contributed by atoms with Crippen molar-refractivity contribution in [1.82, 2.24) is 9.55 Å². The summed E-state index contributed by atoms with van der Waals surface area (Å²) < 4.78 is 32.7. The van der Waals surface area contributed by atoms with E-state index in [2.05, 4.69) is 4.98 Å². The van der Waals surface area contributed by atoms with Crippen LogP contribution in [0.1, 0.15) is 29.3 Å². The van der Waals surface area contributed by atoms with Crippen molar-refractivity contribution in [3.8, 4) is 0 Å². The van der Waals surface area contributed by atoms with Crippen molar-refractivity contribution in [3.05, 3.63) is 104 Å². The lowest BCUT2D eigenvalue weighted by Gasteiger charge is -2.40. The molecular formula is C27H30N2O7. The van der Waals surface area contributed by atoms with Gasteiger partial charge in [-0.15, -0.1) is 0 Å². The molecular weight excluding hydrogens is 464 g/mol. The maximum absolute atomic E-state index is 12.9. The maximum atomic E-state index is 12.9. The Morgan fingerprint density at radius 1 is 1.03 bits per heavy atom. The van der Waals surface area contributed by atoms with E-state index in [0.717, 1.165) is 11.1 Å². The standard InChI is InChI=1S/C27H30N2O7/c1-19-15-29(25(31)28-23(19)30)24-27(32-2)26(13-14-34-27,35-17-21-11-7-4-8-12-21)22(36-24)18-33-16-20-9-5-3-6-10-20/h3-12,15,22,24H,13-14,16-18H2,1-2H3,(H,28,30,31). The quantitative estimate of drug-likeness (QED) is 0.488. The minimum Gasteiger partial charge on any atom is -0.374 e. The Balaban J connectivity index is 1.50. The highest BCUT2D eigenvalue weighted by molar-refractivity contribution is 5.18. The number of aryl methyl sites for hydroxylation is 1. The molecule has 4 atom stereocenters. The Labute approximate surface area is 208 Å². The van der Waals surface area contributed by atoms with Gasteiger partial charge < -0.3 is 23.7 Å². The van der Waals surface area contributed by atoms with Gasteiger partial charge in [0.2, 0.25) is 5.79 Å². The number of H-pyrrole nitrogens is 1. The summed E-state index contributed by atoms with van der Waals surface area (Å²) in [5, 5.41) is 0. The van der Waals surface area contributed by atoms with Crippen LogP contribution in [0, 0.1) is 6.92 Å². The molecule has 2 fully saturated rings. The topological polar surface area (TPSA) is 101 Å². The van der Waals surface area contributed by atoms with Crippen LogP contribution in [0.25, 0.3) is 0 Å². The normalized spacial score (nSPS) is 27.3. The number of aromatic amines is 1. The molecule has 3 heterocycles. The zero-order valence-electron chi connectivity index (χ0n) is 20.3. The highest BCUT2D eigenvalue weighted by atomic mass is 16.8. The van der Waals surface area contributed by atoms with Crippen molar-refractivity contribution in [2.75, 3.05) is 20.3 Å². The van der Waals surface area contributed by atoms with Gasteiger partial charge in [-0.25, -0.2) is 4.79 Å². The molecule has 2 aliphatic heterocycles. The Hall–Kier alpha value is -3.08. The Morgan fingerprint density at radius 2 is 1.69 bits per heavy atom. The summed E-state index contributed by atoms with van der Waals surface area (Å²) in [6.07, 6.45) is 0.315. The van der Waals surface area contributed by atoms with E-state index in [1.165, 1.54) is 17.9 Å². The zero-order valence-corrected chi connectivity index (χ0v) is 20.3. The number of ether oxygens (including phenoxy) is 5. The van der Waals surface area contributed by atoms with Crippen molar-refractivity contribution in [2.24, 2.45) is 0 Å². The number of hydrogen-bond donors (Lipinski definition) is 1. The van der Waals surface area contributed by atoms with E-state index in [4.69, 9.17) is 23.7 Å². The van der Waals surface area contributed by atoms with E-state index in [0.29, 0.717) is 31.8 Å². The lowest BCUT2D eigenvalue weighted by Crippen LogP contribution is -2.59. The number of benzene rings is 2. The Bertz CT molecular complexity index is 1290. The number of fused-ring (bicyclic) bond motifs is 1.